The van der Waals surface area contributed by atoms with Crippen molar-refractivity contribution in [1.82, 2.24) is 0 Å². The summed E-state index contributed by atoms with van der Waals surface area (Å²) in [5, 5.41) is 0. The summed E-state index contributed by atoms with van der Waals surface area (Å²) in [6.07, 6.45) is 0. The van der Waals surface area contributed by atoms with E-state index in [9.17, 15) is 9.59 Å². The molecule has 2 aromatic carbocycles. The number of Topliss-reactive ketones (excluding diaryl/α,β-unsaturated/α-hetero) is 1. The lowest BCUT2D eigenvalue weighted by atomic mass is 10.0. The Labute approximate surface area is 98.9 Å². The van der Waals surface area contributed by atoms with Crippen LogP contribution in [0.2, 0.25) is 0 Å². The molecule has 0 aliphatic heterocycles. The Morgan fingerprint density at radius 3 is 2.24 bits per heavy atom. The average Bonchev–Trinajstić information content (AvgIpc) is 2.64. The largest absolute Gasteiger partial charge is 0.295 e. The monoisotopic (exact) mass is 222 g/mol. The summed E-state index contributed by atoms with van der Waals surface area (Å²) < 4.78 is 0. The van der Waals surface area contributed by atoms with Crippen LogP contribution in [0.4, 0.5) is 0 Å². The molecule has 2 nitrogen and oxygen atoms in total. The number of ketones is 2. The van der Waals surface area contributed by atoms with Crippen molar-refractivity contribution in [3.05, 3.63) is 59.2 Å². The number of fused-ring (bicyclic) bond motifs is 3. The first-order valence-corrected chi connectivity index (χ1v) is 5.47. The summed E-state index contributed by atoms with van der Waals surface area (Å²) in [6, 6.07) is 12.8. The Hall–Kier alpha value is -2.22. The van der Waals surface area contributed by atoms with Crippen molar-refractivity contribution in [3.8, 4) is 11.1 Å². The summed E-state index contributed by atoms with van der Waals surface area (Å²) in [6.45, 7) is 1.53. The van der Waals surface area contributed by atoms with Gasteiger partial charge in [0.05, 0.1) is 0 Å². The van der Waals surface area contributed by atoms with E-state index in [1.54, 1.807) is 18.2 Å². The van der Waals surface area contributed by atoms with Crippen molar-refractivity contribution in [2.45, 2.75) is 6.92 Å². The highest BCUT2D eigenvalue weighted by Crippen LogP contribution is 2.36. The van der Waals surface area contributed by atoms with Crippen molar-refractivity contribution in [2.24, 2.45) is 0 Å². The Morgan fingerprint density at radius 1 is 0.882 bits per heavy atom. The van der Waals surface area contributed by atoms with Gasteiger partial charge in [0.15, 0.2) is 11.6 Å². The molecule has 82 valence electrons. The van der Waals surface area contributed by atoms with E-state index in [1.165, 1.54) is 6.92 Å². The molecule has 0 radical (unpaired) electrons. The van der Waals surface area contributed by atoms with Crippen molar-refractivity contribution in [1.29, 1.82) is 0 Å². The van der Waals surface area contributed by atoms with Crippen LogP contribution in [0.1, 0.15) is 33.2 Å². The lowest BCUT2D eigenvalue weighted by molar-refractivity contribution is 0.101. The Kier molecular flexibility index (Phi) is 1.99. The molecule has 3 rings (SSSR count). The van der Waals surface area contributed by atoms with Gasteiger partial charge in [0, 0.05) is 16.7 Å². The zero-order valence-electron chi connectivity index (χ0n) is 9.36. The van der Waals surface area contributed by atoms with Gasteiger partial charge in [-0.2, -0.15) is 0 Å². The van der Waals surface area contributed by atoms with Crippen LogP contribution in [0.15, 0.2) is 42.5 Å². The molecule has 0 fully saturated rings. The number of hydrogen-bond acceptors (Lipinski definition) is 2. The summed E-state index contributed by atoms with van der Waals surface area (Å²) in [7, 11) is 0. The maximum absolute atomic E-state index is 12.1. The number of rotatable bonds is 1. The predicted octanol–water partition coefficient (Wildman–Crippen LogP) is 3.10. The van der Waals surface area contributed by atoms with Crippen LogP contribution in [-0.2, 0) is 0 Å². The molecule has 0 aromatic heterocycles. The highest BCUT2D eigenvalue weighted by atomic mass is 16.1. The summed E-state index contributed by atoms with van der Waals surface area (Å²) >= 11 is 0. The molecule has 0 heterocycles. The van der Waals surface area contributed by atoms with Crippen LogP contribution in [-0.4, -0.2) is 11.6 Å². The minimum atomic E-state index is 0.0182. The second-order valence-electron chi connectivity index (χ2n) is 4.19. The van der Waals surface area contributed by atoms with Gasteiger partial charge in [-0.05, 0) is 30.2 Å². The first-order chi connectivity index (χ1) is 8.18. The van der Waals surface area contributed by atoms with Crippen LogP contribution in [0.5, 0.6) is 0 Å². The summed E-state index contributed by atoms with van der Waals surface area (Å²) in [5.74, 6) is 0.0651. The van der Waals surface area contributed by atoms with Gasteiger partial charge in [-0.15, -0.1) is 0 Å². The first-order valence-electron chi connectivity index (χ1n) is 5.47. The van der Waals surface area contributed by atoms with Crippen LogP contribution < -0.4 is 0 Å². The van der Waals surface area contributed by atoms with E-state index in [2.05, 4.69) is 0 Å². The minimum Gasteiger partial charge on any atom is -0.295 e. The molecule has 0 spiro atoms. The molecule has 0 unspecified atom stereocenters. The molecule has 2 aromatic rings. The second-order valence-corrected chi connectivity index (χ2v) is 4.19. The van der Waals surface area contributed by atoms with E-state index in [4.69, 9.17) is 0 Å². The molecule has 0 atom stereocenters. The Balaban J connectivity index is 2.31. The molecule has 0 saturated carbocycles. The van der Waals surface area contributed by atoms with E-state index < -0.39 is 0 Å². The van der Waals surface area contributed by atoms with E-state index in [1.807, 2.05) is 24.3 Å². The maximum Gasteiger partial charge on any atom is 0.194 e. The fraction of sp³-hybridized carbons (Fsp3) is 0.0667. The van der Waals surface area contributed by atoms with Crippen LogP contribution >= 0.6 is 0 Å². The van der Waals surface area contributed by atoms with Gasteiger partial charge in [-0.1, -0.05) is 30.3 Å². The third kappa shape index (κ3) is 1.34. The smallest absolute Gasteiger partial charge is 0.194 e. The van der Waals surface area contributed by atoms with Gasteiger partial charge in [0.2, 0.25) is 0 Å². The summed E-state index contributed by atoms with van der Waals surface area (Å²) in [4.78, 5) is 23.4. The number of hydrogen-bond donors (Lipinski definition) is 0. The minimum absolute atomic E-state index is 0.0182. The van der Waals surface area contributed by atoms with Crippen LogP contribution in [0.3, 0.4) is 0 Å². The van der Waals surface area contributed by atoms with Crippen LogP contribution in [0.25, 0.3) is 11.1 Å². The van der Waals surface area contributed by atoms with E-state index >= 15 is 0 Å². The lowest BCUT2D eigenvalue weighted by Crippen LogP contribution is -1.96. The molecule has 17 heavy (non-hydrogen) atoms. The van der Waals surface area contributed by atoms with Crippen molar-refractivity contribution >= 4 is 11.6 Å². The number of carbonyl (C=O) groups is 2. The quantitative estimate of drug-likeness (QED) is 0.593. The van der Waals surface area contributed by atoms with Crippen LogP contribution in [0, 0.1) is 0 Å². The van der Waals surface area contributed by atoms with Gasteiger partial charge < -0.3 is 0 Å². The molecule has 2 heteroatoms. The molecule has 1 aliphatic carbocycles. The molecular formula is C15H10O2. The number of benzene rings is 2. The lowest BCUT2D eigenvalue weighted by Gasteiger charge is -2.01. The topological polar surface area (TPSA) is 34.1 Å². The highest BCUT2D eigenvalue weighted by molar-refractivity contribution is 6.22. The Morgan fingerprint density at radius 2 is 1.53 bits per heavy atom. The highest BCUT2D eigenvalue weighted by Gasteiger charge is 2.26. The van der Waals surface area contributed by atoms with Gasteiger partial charge in [-0.25, -0.2) is 0 Å². The van der Waals surface area contributed by atoms with Crippen molar-refractivity contribution in [2.75, 3.05) is 0 Å². The van der Waals surface area contributed by atoms with Gasteiger partial charge in [0.25, 0.3) is 0 Å². The van der Waals surface area contributed by atoms with Crippen molar-refractivity contribution < 1.29 is 9.59 Å². The summed E-state index contributed by atoms with van der Waals surface area (Å²) in [5.41, 5.74) is 3.86. The van der Waals surface area contributed by atoms with Gasteiger partial charge in [-0.3, -0.25) is 9.59 Å². The van der Waals surface area contributed by atoms with Crippen molar-refractivity contribution in [3.63, 3.8) is 0 Å². The molecular weight excluding hydrogens is 212 g/mol. The normalized spacial score (nSPS) is 12.2. The molecule has 0 N–H and O–H groups in total. The molecule has 0 saturated heterocycles. The Bertz CT molecular complexity index is 654. The third-order valence-electron chi connectivity index (χ3n) is 3.13. The van der Waals surface area contributed by atoms with Gasteiger partial charge >= 0.3 is 0 Å². The van der Waals surface area contributed by atoms with E-state index in [0.717, 1.165) is 16.7 Å². The van der Waals surface area contributed by atoms with E-state index in [-0.39, 0.29) is 11.6 Å². The zero-order chi connectivity index (χ0) is 12.0. The first kappa shape index (κ1) is 9.97. The predicted molar refractivity (Wildman–Crippen MR) is 65.3 cm³/mol. The molecule has 0 amide bonds. The SMILES string of the molecule is CC(=O)c1ccc2c(c1)-c1ccccc1C2=O. The number of carbonyl (C=O) groups excluding carboxylic acids is 2. The standard InChI is InChI=1S/C15H10O2/c1-9(16)10-6-7-13-14(8-10)11-4-2-3-5-12(11)15(13)17/h2-8H,1H3. The fourth-order valence-corrected chi connectivity index (χ4v) is 2.25. The maximum atomic E-state index is 12.1. The fourth-order valence-electron chi connectivity index (χ4n) is 2.25. The average molecular weight is 222 g/mol. The van der Waals surface area contributed by atoms with Gasteiger partial charge in [0.1, 0.15) is 0 Å². The zero-order valence-corrected chi connectivity index (χ0v) is 9.36. The van der Waals surface area contributed by atoms with E-state index in [0.29, 0.717) is 11.1 Å². The third-order valence-corrected chi connectivity index (χ3v) is 3.13. The molecule has 0 bridgehead atoms. The second kappa shape index (κ2) is 3.39. The molecule has 1 aliphatic rings.